The van der Waals surface area contributed by atoms with E-state index in [1.54, 1.807) is 0 Å². The van der Waals surface area contributed by atoms with Gasteiger partial charge in [0, 0.05) is 36.8 Å². The minimum atomic E-state index is 0.265. The van der Waals surface area contributed by atoms with E-state index in [1.165, 1.54) is 0 Å². The molecule has 0 atom stereocenters. The van der Waals surface area contributed by atoms with E-state index in [-0.39, 0.29) is 4.75 Å². The number of aromatic nitrogens is 2. The SMILES string of the molecule is CSC1(CN)CCN(c2ncc(C)cn2)CC1. The Bertz CT molecular complexity index is 351. The van der Waals surface area contributed by atoms with Crippen molar-refractivity contribution in [1.29, 1.82) is 0 Å². The molecule has 1 saturated heterocycles. The van der Waals surface area contributed by atoms with Crippen LogP contribution in [0.2, 0.25) is 0 Å². The third-order valence-corrected chi connectivity index (χ3v) is 4.97. The molecule has 0 bridgehead atoms. The van der Waals surface area contributed by atoms with Gasteiger partial charge < -0.3 is 10.6 Å². The summed E-state index contributed by atoms with van der Waals surface area (Å²) in [5.74, 6) is 0.849. The Labute approximate surface area is 107 Å². The fourth-order valence-corrected chi connectivity index (χ4v) is 2.91. The van der Waals surface area contributed by atoms with Crippen LogP contribution in [-0.4, -0.2) is 40.6 Å². The van der Waals surface area contributed by atoms with Crippen LogP contribution in [0.25, 0.3) is 0 Å². The van der Waals surface area contributed by atoms with Crippen LogP contribution in [-0.2, 0) is 0 Å². The number of thioether (sulfide) groups is 1. The third kappa shape index (κ3) is 2.72. The monoisotopic (exact) mass is 252 g/mol. The fourth-order valence-electron chi connectivity index (χ4n) is 2.15. The highest BCUT2D eigenvalue weighted by Gasteiger charge is 2.33. The molecule has 1 fully saturated rings. The summed E-state index contributed by atoms with van der Waals surface area (Å²) >= 11 is 1.90. The molecule has 0 spiro atoms. The second-order valence-electron chi connectivity index (χ2n) is 4.64. The van der Waals surface area contributed by atoms with E-state index in [4.69, 9.17) is 5.73 Å². The summed E-state index contributed by atoms with van der Waals surface area (Å²) < 4.78 is 0.265. The molecule has 1 aliphatic rings. The van der Waals surface area contributed by atoms with Crippen molar-refractivity contribution in [3.63, 3.8) is 0 Å². The number of hydrogen-bond donors (Lipinski definition) is 1. The Morgan fingerprint density at radius 2 is 1.94 bits per heavy atom. The van der Waals surface area contributed by atoms with Crippen LogP contribution in [0.3, 0.4) is 0 Å². The minimum absolute atomic E-state index is 0.265. The van der Waals surface area contributed by atoms with Gasteiger partial charge in [-0.2, -0.15) is 11.8 Å². The second-order valence-corrected chi connectivity index (χ2v) is 5.91. The molecule has 0 unspecified atom stereocenters. The normalized spacial score (nSPS) is 19.4. The van der Waals surface area contributed by atoms with Crippen molar-refractivity contribution in [2.45, 2.75) is 24.5 Å². The Hall–Kier alpha value is -0.810. The van der Waals surface area contributed by atoms with Gasteiger partial charge in [-0.15, -0.1) is 0 Å². The topological polar surface area (TPSA) is 55.0 Å². The summed E-state index contributed by atoms with van der Waals surface area (Å²) in [5.41, 5.74) is 6.99. The molecule has 94 valence electrons. The van der Waals surface area contributed by atoms with Gasteiger partial charge in [0.1, 0.15) is 0 Å². The minimum Gasteiger partial charge on any atom is -0.341 e. The van der Waals surface area contributed by atoms with Gasteiger partial charge in [0.15, 0.2) is 0 Å². The summed E-state index contributed by atoms with van der Waals surface area (Å²) in [5, 5.41) is 0. The zero-order valence-corrected chi connectivity index (χ0v) is 11.3. The van der Waals surface area contributed by atoms with Crippen LogP contribution in [0.5, 0.6) is 0 Å². The van der Waals surface area contributed by atoms with Gasteiger partial charge in [-0.3, -0.25) is 0 Å². The summed E-state index contributed by atoms with van der Waals surface area (Å²) in [6.07, 6.45) is 8.14. The van der Waals surface area contributed by atoms with E-state index in [9.17, 15) is 0 Å². The molecule has 0 radical (unpaired) electrons. The smallest absolute Gasteiger partial charge is 0.225 e. The lowest BCUT2D eigenvalue weighted by Crippen LogP contribution is -2.47. The summed E-state index contributed by atoms with van der Waals surface area (Å²) in [6, 6.07) is 0. The van der Waals surface area contributed by atoms with Crippen LogP contribution in [0.4, 0.5) is 5.95 Å². The molecule has 0 aliphatic carbocycles. The molecule has 2 N–H and O–H groups in total. The molecule has 0 amide bonds. The fraction of sp³-hybridized carbons (Fsp3) is 0.667. The van der Waals surface area contributed by atoms with E-state index in [2.05, 4.69) is 21.1 Å². The lowest BCUT2D eigenvalue weighted by molar-refractivity contribution is 0.453. The highest BCUT2D eigenvalue weighted by molar-refractivity contribution is 8.00. The number of nitrogens with two attached hydrogens (primary N) is 1. The molecule has 1 aliphatic heterocycles. The van der Waals surface area contributed by atoms with Crippen LogP contribution in [0.1, 0.15) is 18.4 Å². The van der Waals surface area contributed by atoms with Gasteiger partial charge >= 0.3 is 0 Å². The molecule has 2 rings (SSSR count). The molecule has 0 aromatic carbocycles. The van der Waals surface area contributed by atoms with Crippen molar-refractivity contribution in [2.75, 3.05) is 30.8 Å². The average molecular weight is 252 g/mol. The van der Waals surface area contributed by atoms with Crippen LogP contribution in [0, 0.1) is 6.92 Å². The first-order valence-electron chi connectivity index (χ1n) is 5.98. The first-order valence-corrected chi connectivity index (χ1v) is 7.20. The molecule has 5 heteroatoms. The standard InChI is InChI=1S/C12H20N4S/c1-10-7-14-11(15-8-10)16-5-3-12(9-13,17-2)4-6-16/h7-8H,3-6,9,13H2,1-2H3. The Morgan fingerprint density at radius 1 is 1.35 bits per heavy atom. The molecular weight excluding hydrogens is 232 g/mol. The van der Waals surface area contributed by atoms with Gasteiger partial charge in [-0.05, 0) is 31.6 Å². The predicted octanol–water partition coefficient (Wildman–Crippen LogP) is 1.45. The van der Waals surface area contributed by atoms with Crippen LogP contribution < -0.4 is 10.6 Å². The summed E-state index contributed by atoms with van der Waals surface area (Å²) in [4.78, 5) is 11.0. The van der Waals surface area contributed by atoms with Gasteiger partial charge in [-0.1, -0.05) is 0 Å². The first kappa shape index (κ1) is 12.6. The lowest BCUT2D eigenvalue weighted by atomic mass is 9.96. The van der Waals surface area contributed by atoms with Gasteiger partial charge in [0.05, 0.1) is 0 Å². The van der Waals surface area contributed by atoms with Gasteiger partial charge in [-0.25, -0.2) is 9.97 Å². The maximum Gasteiger partial charge on any atom is 0.225 e. The average Bonchev–Trinajstić information content (AvgIpc) is 2.40. The number of rotatable bonds is 3. The Morgan fingerprint density at radius 3 is 2.41 bits per heavy atom. The molecule has 1 aromatic heterocycles. The highest BCUT2D eigenvalue weighted by Crippen LogP contribution is 2.34. The number of anilines is 1. The zero-order chi connectivity index (χ0) is 12.3. The lowest BCUT2D eigenvalue weighted by Gasteiger charge is -2.40. The second kappa shape index (κ2) is 5.23. The van der Waals surface area contributed by atoms with Crippen LogP contribution >= 0.6 is 11.8 Å². The van der Waals surface area contributed by atoms with E-state index in [0.29, 0.717) is 0 Å². The number of piperidine rings is 1. The number of aryl methyl sites for hydroxylation is 1. The third-order valence-electron chi connectivity index (χ3n) is 3.53. The summed E-state index contributed by atoms with van der Waals surface area (Å²) in [6.45, 7) is 4.77. The van der Waals surface area contributed by atoms with Crippen molar-refractivity contribution in [2.24, 2.45) is 5.73 Å². The molecule has 2 heterocycles. The van der Waals surface area contributed by atoms with E-state index >= 15 is 0 Å². The maximum atomic E-state index is 5.88. The van der Waals surface area contributed by atoms with Crippen molar-refractivity contribution in [1.82, 2.24) is 9.97 Å². The zero-order valence-electron chi connectivity index (χ0n) is 10.5. The highest BCUT2D eigenvalue weighted by atomic mass is 32.2. The van der Waals surface area contributed by atoms with Crippen molar-refractivity contribution in [3.8, 4) is 0 Å². The van der Waals surface area contributed by atoms with Crippen molar-refractivity contribution in [3.05, 3.63) is 18.0 Å². The van der Waals surface area contributed by atoms with Crippen LogP contribution in [0.15, 0.2) is 12.4 Å². The van der Waals surface area contributed by atoms with Gasteiger partial charge in [0.25, 0.3) is 0 Å². The summed E-state index contributed by atoms with van der Waals surface area (Å²) in [7, 11) is 0. The largest absolute Gasteiger partial charge is 0.341 e. The quantitative estimate of drug-likeness (QED) is 0.882. The molecule has 17 heavy (non-hydrogen) atoms. The molecule has 4 nitrogen and oxygen atoms in total. The van der Waals surface area contributed by atoms with E-state index in [1.807, 2.05) is 31.1 Å². The molecule has 1 aromatic rings. The van der Waals surface area contributed by atoms with Crippen molar-refractivity contribution < 1.29 is 0 Å². The van der Waals surface area contributed by atoms with Gasteiger partial charge in [0.2, 0.25) is 5.95 Å². The molecular formula is C12H20N4S. The predicted molar refractivity (Wildman–Crippen MR) is 73.5 cm³/mol. The maximum absolute atomic E-state index is 5.88. The number of hydrogen-bond acceptors (Lipinski definition) is 5. The number of nitrogens with zero attached hydrogens (tertiary/aromatic N) is 3. The van der Waals surface area contributed by atoms with Crippen molar-refractivity contribution >= 4 is 17.7 Å². The first-order chi connectivity index (χ1) is 8.19. The van der Waals surface area contributed by atoms with E-state index in [0.717, 1.165) is 44.0 Å². The Kier molecular flexibility index (Phi) is 3.89. The Balaban J connectivity index is 2.01. The van der Waals surface area contributed by atoms with E-state index < -0.39 is 0 Å². The molecule has 0 saturated carbocycles.